The highest BCUT2D eigenvalue weighted by Gasteiger charge is 2.15. The van der Waals surface area contributed by atoms with Gasteiger partial charge in [0.15, 0.2) is 0 Å². The molecule has 0 unspecified atom stereocenters. The molecule has 0 fully saturated rings. The van der Waals surface area contributed by atoms with Crippen LogP contribution in [-0.2, 0) is 11.3 Å². The van der Waals surface area contributed by atoms with E-state index < -0.39 is 0 Å². The Morgan fingerprint density at radius 3 is 2.45 bits per heavy atom. The molecule has 166 valence electrons. The smallest absolute Gasteiger partial charge is 0.253 e. The quantitative estimate of drug-likeness (QED) is 0.391. The number of carbonyl (C=O) groups is 2. The van der Waals surface area contributed by atoms with Crippen molar-refractivity contribution >= 4 is 29.3 Å². The summed E-state index contributed by atoms with van der Waals surface area (Å²) < 4.78 is 1.57. The van der Waals surface area contributed by atoms with Gasteiger partial charge in [-0.05, 0) is 47.2 Å². The van der Waals surface area contributed by atoms with Crippen LogP contribution in [0.5, 0.6) is 0 Å². The second-order valence-corrected chi connectivity index (χ2v) is 8.20. The second kappa shape index (κ2) is 10.6. The molecule has 2 amide bonds. The van der Waals surface area contributed by atoms with Crippen molar-refractivity contribution in [3.63, 3.8) is 0 Å². The van der Waals surface area contributed by atoms with Crippen LogP contribution in [0.2, 0.25) is 0 Å². The number of rotatable bonds is 8. The minimum atomic E-state index is -0.263. The number of amides is 2. The minimum Gasteiger partial charge on any atom is -0.348 e. The van der Waals surface area contributed by atoms with Gasteiger partial charge in [-0.25, -0.2) is 0 Å². The summed E-state index contributed by atoms with van der Waals surface area (Å²) in [5.41, 5.74) is 3.82. The van der Waals surface area contributed by atoms with E-state index in [9.17, 15) is 9.59 Å². The predicted octanol–water partition coefficient (Wildman–Crippen LogP) is 3.63. The average molecular weight is 459 g/mol. The maximum atomic E-state index is 12.7. The molecule has 0 aliphatic heterocycles. The molecule has 3 aromatic carbocycles. The molecular weight excluding hydrogens is 436 g/mol. The summed E-state index contributed by atoms with van der Waals surface area (Å²) >= 11 is 1.21. The molecule has 8 nitrogen and oxygen atoms in total. The molecule has 0 spiro atoms. The van der Waals surface area contributed by atoms with Crippen LogP contribution in [-0.4, -0.2) is 37.8 Å². The van der Waals surface area contributed by atoms with Crippen molar-refractivity contribution in [3.8, 4) is 5.69 Å². The van der Waals surface area contributed by atoms with E-state index in [1.165, 1.54) is 11.8 Å². The van der Waals surface area contributed by atoms with E-state index in [1.807, 2.05) is 61.5 Å². The van der Waals surface area contributed by atoms with Crippen LogP contribution in [0, 0.1) is 6.92 Å². The van der Waals surface area contributed by atoms with Gasteiger partial charge in [-0.3, -0.25) is 9.59 Å². The number of para-hydroxylation sites is 2. The Balaban J connectivity index is 1.37. The minimum absolute atomic E-state index is 0.0898. The molecule has 4 rings (SSSR count). The van der Waals surface area contributed by atoms with Gasteiger partial charge in [-0.2, -0.15) is 4.68 Å². The first-order chi connectivity index (χ1) is 16.1. The topological polar surface area (TPSA) is 102 Å². The summed E-state index contributed by atoms with van der Waals surface area (Å²) in [4.78, 5) is 25.3. The van der Waals surface area contributed by atoms with Gasteiger partial charge in [0.2, 0.25) is 11.1 Å². The largest absolute Gasteiger partial charge is 0.348 e. The van der Waals surface area contributed by atoms with Crippen molar-refractivity contribution in [2.45, 2.75) is 18.6 Å². The molecule has 9 heteroatoms. The Morgan fingerprint density at radius 1 is 0.939 bits per heavy atom. The van der Waals surface area contributed by atoms with Gasteiger partial charge in [0.05, 0.1) is 22.7 Å². The molecule has 0 bridgehead atoms. The molecular formula is C24H22N6O2S. The molecule has 2 N–H and O–H groups in total. The Kier molecular flexibility index (Phi) is 7.11. The molecule has 0 saturated heterocycles. The highest BCUT2D eigenvalue weighted by Crippen LogP contribution is 2.20. The molecule has 0 radical (unpaired) electrons. The van der Waals surface area contributed by atoms with Crippen LogP contribution in [0.1, 0.15) is 21.5 Å². The number of nitrogens with zero attached hydrogens (tertiary/aromatic N) is 4. The zero-order valence-electron chi connectivity index (χ0n) is 17.9. The van der Waals surface area contributed by atoms with Gasteiger partial charge < -0.3 is 10.6 Å². The molecule has 4 aromatic rings. The lowest BCUT2D eigenvalue weighted by Gasteiger charge is -2.11. The van der Waals surface area contributed by atoms with E-state index in [0.717, 1.165) is 16.8 Å². The number of aromatic nitrogens is 4. The lowest BCUT2D eigenvalue weighted by atomic mass is 10.1. The number of nitrogens with one attached hydrogen (secondary N) is 2. The molecule has 33 heavy (non-hydrogen) atoms. The molecule has 1 heterocycles. The van der Waals surface area contributed by atoms with Crippen molar-refractivity contribution < 1.29 is 9.59 Å². The van der Waals surface area contributed by atoms with Crippen LogP contribution in [0.3, 0.4) is 0 Å². The maximum Gasteiger partial charge on any atom is 0.253 e. The first kappa shape index (κ1) is 22.2. The maximum absolute atomic E-state index is 12.7. The third-order valence-corrected chi connectivity index (χ3v) is 5.71. The van der Waals surface area contributed by atoms with Gasteiger partial charge in [-0.15, -0.1) is 5.10 Å². The van der Waals surface area contributed by atoms with E-state index in [2.05, 4.69) is 26.2 Å². The zero-order valence-corrected chi connectivity index (χ0v) is 18.7. The van der Waals surface area contributed by atoms with Gasteiger partial charge in [0.25, 0.3) is 5.91 Å². The fraction of sp³-hybridized carbons (Fsp3) is 0.125. The lowest BCUT2D eigenvalue weighted by molar-refractivity contribution is -0.113. The zero-order chi connectivity index (χ0) is 23.0. The van der Waals surface area contributed by atoms with Crippen LogP contribution in [0.15, 0.2) is 84.0 Å². The van der Waals surface area contributed by atoms with Gasteiger partial charge in [-0.1, -0.05) is 71.9 Å². The van der Waals surface area contributed by atoms with Crippen LogP contribution < -0.4 is 10.6 Å². The number of aryl methyl sites for hydroxylation is 1. The fourth-order valence-electron chi connectivity index (χ4n) is 3.09. The van der Waals surface area contributed by atoms with E-state index in [-0.39, 0.29) is 17.6 Å². The number of thioether (sulfide) groups is 1. The SMILES string of the molecule is Cc1ccc(CNC(=O)c2ccccc2NC(=O)CSc2nnnn2-c2ccccc2)cc1. The normalized spacial score (nSPS) is 10.6. The summed E-state index contributed by atoms with van der Waals surface area (Å²) in [7, 11) is 0. The monoisotopic (exact) mass is 458 g/mol. The Labute approximate surface area is 195 Å². The van der Waals surface area contributed by atoms with E-state index in [0.29, 0.717) is 23.0 Å². The van der Waals surface area contributed by atoms with Crippen LogP contribution >= 0.6 is 11.8 Å². The predicted molar refractivity (Wildman–Crippen MR) is 127 cm³/mol. The Hall–Kier alpha value is -3.98. The highest BCUT2D eigenvalue weighted by atomic mass is 32.2. The van der Waals surface area contributed by atoms with Crippen molar-refractivity contribution in [2.24, 2.45) is 0 Å². The van der Waals surface area contributed by atoms with E-state index in [4.69, 9.17) is 0 Å². The molecule has 0 saturated carbocycles. The summed E-state index contributed by atoms with van der Waals surface area (Å²) in [5, 5.41) is 17.9. The summed E-state index contributed by atoms with van der Waals surface area (Å²) in [5.74, 6) is -0.430. The van der Waals surface area contributed by atoms with Crippen molar-refractivity contribution in [1.29, 1.82) is 0 Å². The molecule has 0 aliphatic carbocycles. The van der Waals surface area contributed by atoms with Gasteiger partial charge >= 0.3 is 0 Å². The number of anilines is 1. The number of carbonyl (C=O) groups excluding carboxylic acids is 2. The molecule has 0 atom stereocenters. The fourth-order valence-corrected chi connectivity index (χ4v) is 3.78. The summed E-state index contributed by atoms with van der Waals surface area (Å²) in [6, 6.07) is 24.3. The summed E-state index contributed by atoms with van der Waals surface area (Å²) in [6.07, 6.45) is 0. The van der Waals surface area contributed by atoms with Gasteiger partial charge in [0.1, 0.15) is 0 Å². The number of benzene rings is 3. The van der Waals surface area contributed by atoms with Crippen molar-refractivity contribution in [1.82, 2.24) is 25.5 Å². The Bertz CT molecular complexity index is 1240. The third kappa shape index (κ3) is 5.83. The summed E-state index contributed by atoms with van der Waals surface area (Å²) in [6.45, 7) is 2.42. The van der Waals surface area contributed by atoms with Crippen LogP contribution in [0.25, 0.3) is 5.69 Å². The number of hydrogen-bond donors (Lipinski definition) is 2. The Morgan fingerprint density at radius 2 is 1.67 bits per heavy atom. The van der Waals surface area contributed by atoms with Crippen molar-refractivity contribution in [3.05, 3.63) is 95.6 Å². The number of hydrogen-bond acceptors (Lipinski definition) is 6. The van der Waals surface area contributed by atoms with Crippen LogP contribution in [0.4, 0.5) is 5.69 Å². The molecule has 0 aliphatic rings. The third-order valence-electron chi connectivity index (χ3n) is 4.79. The van der Waals surface area contributed by atoms with Crippen molar-refractivity contribution in [2.75, 3.05) is 11.1 Å². The highest BCUT2D eigenvalue weighted by molar-refractivity contribution is 7.99. The standard InChI is InChI=1S/C24H22N6O2S/c1-17-11-13-18(14-12-17)15-25-23(32)20-9-5-6-10-21(20)26-22(31)16-33-24-27-28-29-30(24)19-7-3-2-4-8-19/h2-14H,15-16H2,1H3,(H,25,32)(H,26,31). The average Bonchev–Trinajstić information content (AvgIpc) is 3.32. The lowest BCUT2D eigenvalue weighted by Crippen LogP contribution is -2.25. The van der Waals surface area contributed by atoms with E-state index in [1.54, 1.807) is 28.9 Å². The first-order valence-corrected chi connectivity index (χ1v) is 11.3. The number of tetrazole rings is 1. The second-order valence-electron chi connectivity index (χ2n) is 7.26. The van der Waals surface area contributed by atoms with Gasteiger partial charge in [0, 0.05) is 6.54 Å². The van der Waals surface area contributed by atoms with E-state index >= 15 is 0 Å². The first-order valence-electron chi connectivity index (χ1n) is 10.3. The molecule has 1 aromatic heterocycles.